The van der Waals surface area contributed by atoms with E-state index in [1.165, 1.54) is 67.2 Å². The van der Waals surface area contributed by atoms with Crippen LogP contribution in [-0.4, -0.2) is 13.2 Å². The number of ether oxygens (including phenoxy) is 2. The minimum atomic E-state index is -0.214. The van der Waals surface area contributed by atoms with Crippen molar-refractivity contribution in [2.24, 2.45) is 11.8 Å². The molecule has 0 atom stereocenters. The van der Waals surface area contributed by atoms with Crippen LogP contribution in [0.25, 0.3) is 11.1 Å². The Morgan fingerprint density at radius 2 is 1.47 bits per heavy atom. The van der Waals surface area contributed by atoms with E-state index in [1.54, 1.807) is 0 Å². The molecule has 0 radical (unpaired) electrons. The second-order valence-electron chi connectivity index (χ2n) is 9.48. The molecule has 2 fully saturated rings. The van der Waals surface area contributed by atoms with Gasteiger partial charge in [-0.1, -0.05) is 69.2 Å². The van der Waals surface area contributed by atoms with Gasteiger partial charge >= 0.3 is 0 Å². The Bertz CT molecular complexity index is 794. The summed E-state index contributed by atoms with van der Waals surface area (Å²) in [5.41, 5.74) is 6.65. The van der Waals surface area contributed by atoms with Crippen molar-refractivity contribution in [1.29, 1.82) is 0 Å². The molecule has 0 bridgehead atoms. The molecule has 1 saturated carbocycles. The Morgan fingerprint density at radius 1 is 0.800 bits per heavy atom. The van der Waals surface area contributed by atoms with Crippen molar-refractivity contribution in [2.75, 3.05) is 13.2 Å². The molecule has 2 aliphatic rings. The van der Waals surface area contributed by atoms with Gasteiger partial charge in [-0.25, -0.2) is 0 Å². The lowest BCUT2D eigenvalue weighted by Gasteiger charge is -2.29. The van der Waals surface area contributed by atoms with E-state index in [4.69, 9.17) is 9.47 Å². The Labute approximate surface area is 183 Å². The maximum atomic E-state index is 5.97. The number of hydrogen-bond donors (Lipinski definition) is 0. The van der Waals surface area contributed by atoms with Gasteiger partial charge in [-0.3, -0.25) is 0 Å². The summed E-state index contributed by atoms with van der Waals surface area (Å²) in [5.74, 6) is 2.25. The zero-order chi connectivity index (χ0) is 20.9. The van der Waals surface area contributed by atoms with Crippen LogP contribution >= 0.6 is 0 Å². The molecular formula is C28H38O2. The predicted molar refractivity (Wildman–Crippen MR) is 125 cm³/mol. The zero-order valence-corrected chi connectivity index (χ0v) is 19.0. The van der Waals surface area contributed by atoms with E-state index in [-0.39, 0.29) is 6.29 Å². The van der Waals surface area contributed by atoms with Crippen LogP contribution in [0.2, 0.25) is 0 Å². The van der Waals surface area contributed by atoms with Gasteiger partial charge in [0.2, 0.25) is 0 Å². The third kappa shape index (κ3) is 4.98. The maximum absolute atomic E-state index is 5.97. The Balaban J connectivity index is 1.41. The molecule has 2 aromatic carbocycles. The van der Waals surface area contributed by atoms with E-state index >= 15 is 0 Å². The first kappa shape index (κ1) is 21.6. The highest BCUT2D eigenvalue weighted by Crippen LogP contribution is 2.38. The standard InChI is InChI=1S/C28H38O2/c1-4-6-22-18-29-28(30-19-22)25-13-11-24(12-14-25)27-16-15-26(17-20(27)3)23-9-7-21(5-2)8-10-23/h11-17,21-23,28H,4-10,18-19H2,1-3H3. The van der Waals surface area contributed by atoms with Crippen molar-refractivity contribution in [3.8, 4) is 11.1 Å². The van der Waals surface area contributed by atoms with Crippen LogP contribution in [-0.2, 0) is 9.47 Å². The third-order valence-corrected chi connectivity index (χ3v) is 7.30. The van der Waals surface area contributed by atoms with Crippen LogP contribution in [0.1, 0.15) is 87.7 Å². The van der Waals surface area contributed by atoms with Crippen LogP contribution in [0.3, 0.4) is 0 Å². The summed E-state index contributed by atoms with van der Waals surface area (Å²) < 4.78 is 11.9. The molecule has 30 heavy (non-hydrogen) atoms. The molecule has 4 rings (SSSR count). The molecule has 0 spiro atoms. The van der Waals surface area contributed by atoms with Crippen molar-refractivity contribution < 1.29 is 9.47 Å². The van der Waals surface area contributed by atoms with Gasteiger partial charge in [0.25, 0.3) is 0 Å². The molecule has 0 unspecified atom stereocenters. The summed E-state index contributed by atoms with van der Waals surface area (Å²) in [7, 11) is 0. The van der Waals surface area contributed by atoms with Gasteiger partial charge in [0.1, 0.15) is 0 Å². The lowest BCUT2D eigenvalue weighted by Crippen LogP contribution is -2.26. The highest BCUT2D eigenvalue weighted by Gasteiger charge is 2.24. The van der Waals surface area contributed by atoms with E-state index in [2.05, 4.69) is 63.2 Å². The fraction of sp³-hybridized carbons (Fsp3) is 0.571. The number of benzene rings is 2. The average Bonchev–Trinajstić information content (AvgIpc) is 2.80. The van der Waals surface area contributed by atoms with Crippen molar-refractivity contribution >= 4 is 0 Å². The van der Waals surface area contributed by atoms with Gasteiger partial charge < -0.3 is 9.47 Å². The SMILES string of the molecule is CCCC1COC(c2ccc(-c3ccc(C4CCC(CC)CC4)cc3C)cc2)OC1. The molecule has 1 heterocycles. The lowest BCUT2D eigenvalue weighted by molar-refractivity contribution is -0.206. The van der Waals surface area contributed by atoms with E-state index in [9.17, 15) is 0 Å². The van der Waals surface area contributed by atoms with Crippen LogP contribution in [0, 0.1) is 18.8 Å². The fourth-order valence-electron chi connectivity index (χ4n) is 5.30. The third-order valence-electron chi connectivity index (χ3n) is 7.30. The topological polar surface area (TPSA) is 18.5 Å². The molecule has 2 nitrogen and oxygen atoms in total. The van der Waals surface area contributed by atoms with Crippen LogP contribution in [0.4, 0.5) is 0 Å². The van der Waals surface area contributed by atoms with Crippen LogP contribution in [0.15, 0.2) is 42.5 Å². The summed E-state index contributed by atoms with van der Waals surface area (Å²) in [6.45, 7) is 8.43. The van der Waals surface area contributed by atoms with Crippen molar-refractivity contribution in [3.05, 3.63) is 59.2 Å². The van der Waals surface area contributed by atoms with Gasteiger partial charge in [-0.05, 0) is 73.1 Å². The molecule has 162 valence electrons. The van der Waals surface area contributed by atoms with Gasteiger partial charge in [-0.2, -0.15) is 0 Å². The molecule has 0 aromatic heterocycles. The summed E-state index contributed by atoms with van der Waals surface area (Å²) in [5, 5.41) is 0. The predicted octanol–water partition coefficient (Wildman–Crippen LogP) is 7.81. The average molecular weight is 407 g/mol. The number of aryl methyl sites for hydroxylation is 1. The van der Waals surface area contributed by atoms with Gasteiger partial charge in [0, 0.05) is 11.5 Å². The smallest absolute Gasteiger partial charge is 0.183 e. The minimum absolute atomic E-state index is 0.214. The molecule has 0 amide bonds. The minimum Gasteiger partial charge on any atom is -0.348 e. The summed E-state index contributed by atoms with van der Waals surface area (Å²) in [6.07, 6.45) is 9.00. The summed E-state index contributed by atoms with van der Waals surface area (Å²) in [4.78, 5) is 0. The first-order valence-electron chi connectivity index (χ1n) is 12.1. The number of hydrogen-bond acceptors (Lipinski definition) is 2. The summed E-state index contributed by atoms with van der Waals surface area (Å²) in [6, 6.07) is 15.9. The van der Waals surface area contributed by atoms with Gasteiger partial charge in [0.15, 0.2) is 6.29 Å². The first-order valence-corrected chi connectivity index (χ1v) is 12.1. The van der Waals surface area contributed by atoms with Gasteiger partial charge in [0.05, 0.1) is 13.2 Å². The zero-order valence-electron chi connectivity index (χ0n) is 19.0. The molecule has 0 N–H and O–H groups in total. The monoisotopic (exact) mass is 406 g/mol. The largest absolute Gasteiger partial charge is 0.348 e. The van der Waals surface area contributed by atoms with Crippen LogP contribution < -0.4 is 0 Å². The Kier molecular flexibility index (Phi) is 7.28. The second-order valence-corrected chi connectivity index (χ2v) is 9.48. The molecule has 2 heteroatoms. The highest BCUT2D eigenvalue weighted by atomic mass is 16.7. The maximum Gasteiger partial charge on any atom is 0.183 e. The number of rotatable bonds is 6. The van der Waals surface area contributed by atoms with Crippen molar-refractivity contribution in [2.45, 2.75) is 77.9 Å². The summed E-state index contributed by atoms with van der Waals surface area (Å²) >= 11 is 0. The molecule has 1 saturated heterocycles. The van der Waals surface area contributed by atoms with Crippen molar-refractivity contribution in [1.82, 2.24) is 0 Å². The molecule has 1 aliphatic carbocycles. The first-order chi connectivity index (χ1) is 14.7. The van der Waals surface area contributed by atoms with E-state index in [1.807, 2.05) is 0 Å². The van der Waals surface area contributed by atoms with Gasteiger partial charge in [-0.15, -0.1) is 0 Å². The van der Waals surface area contributed by atoms with E-state index < -0.39 is 0 Å². The highest BCUT2D eigenvalue weighted by molar-refractivity contribution is 5.68. The second kappa shape index (κ2) is 10.1. The lowest BCUT2D eigenvalue weighted by atomic mass is 9.77. The van der Waals surface area contributed by atoms with Crippen LogP contribution in [0.5, 0.6) is 0 Å². The molecule has 2 aromatic rings. The Hall–Kier alpha value is -1.64. The van der Waals surface area contributed by atoms with Crippen molar-refractivity contribution in [3.63, 3.8) is 0 Å². The normalized spacial score (nSPS) is 27.2. The molecule has 1 aliphatic heterocycles. The molecular weight excluding hydrogens is 368 g/mol. The Morgan fingerprint density at radius 3 is 2.07 bits per heavy atom. The fourth-order valence-corrected chi connectivity index (χ4v) is 5.30. The van der Waals surface area contributed by atoms with E-state index in [0.29, 0.717) is 5.92 Å². The van der Waals surface area contributed by atoms with E-state index in [0.717, 1.165) is 30.6 Å². The quantitative estimate of drug-likeness (QED) is 0.487.